The number of aromatic nitrogens is 2. The molecule has 2 aromatic rings. The van der Waals surface area contributed by atoms with Crippen LogP contribution in [0.1, 0.15) is 11.7 Å². The van der Waals surface area contributed by atoms with Gasteiger partial charge >= 0.3 is 0 Å². The van der Waals surface area contributed by atoms with Gasteiger partial charge in [-0.25, -0.2) is 4.98 Å². The summed E-state index contributed by atoms with van der Waals surface area (Å²) in [4.78, 5) is 4.34. The van der Waals surface area contributed by atoms with Gasteiger partial charge in [-0.2, -0.15) is 0 Å². The van der Waals surface area contributed by atoms with Crippen LogP contribution in [0.25, 0.3) is 11.0 Å². The van der Waals surface area contributed by atoms with Crippen LogP contribution < -0.4 is 0 Å². The Morgan fingerprint density at radius 3 is 2.93 bits per heavy atom. The van der Waals surface area contributed by atoms with E-state index in [0.717, 1.165) is 24.2 Å². The standard InChI is InChI=1S/C11H12N2O2/c14-5-8-1-2-11-10(12-8)3-4-13(11)9-6-15-7-9/h1-4,9,14H,5-7H2. The van der Waals surface area contributed by atoms with Gasteiger partial charge in [-0.1, -0.05) is 0 Å². The second-order valence-electron chi connectivity index (χ2n) is 3.78. The maximum absolute atomic E-state index is 8.98. The number of nitrogens with zero attached hydrogens (tertiary/aromatic N) is 2. The fourth-order valence-corrected chi connectivity index (χ4v) is 1.87. The monoisotopic (exact) mass is 204 g/mol. The molecule has 0 atom stereocenters. The van der Waals surface area contributed by atoms with Crippen LogP contribution in [0.15, 0.2) is 24.4 Å². The van der Waals surface area contributed by atoms with Crippen molar-refractivity contribution >= 4 is 11.0 Å². The van der Waals surface area contributed by atoms with Gasteiger partial charge in [0.1, 0.15) is 0 Å². The lowest BCUT2D eigenvalue weighted by atomic mass is 10.2. The molecule has 78 valence electrons. The Bertz CT molecular complexity index is 488. The van der Waals surface area contributed by atoms with E-state index in [-0.39, 0.29) is 6.61 Å². The number of aliphatic hydroxyl groups excluding tert-OH is 1. The summed E-state index contributed by atoms with van der Waals surface area (Å²) in [5, 5.41) is 8.98. The summed E-state index contributed by atoms with van der Waals surface area (Å²) in [7, 11) is 0. The minimum absolute atomic E-state index is 0.00629. The van der Waals surface area contributed by atoms with E-state index < -0.39 is 0 Å². The second-order valence-corrected chi connectivity index (χ2v) is 3.78. The third-order valence-electron chi connectivity index (χ3n) is 2.81. The van der Waals surface area contributed by atoms with Crippen molar-refractivity contribution in [3.8, 4) is 0 Å². The van der Waals surface area contributed by atoms with Gasteiger partial charge in [-0.3, -0.25) is 0 Å². The highest BCUT2D eigenvalue weighted by Crippen LogP contribution is 2.23. The fraction of sp³-hybridized carbons (Fsp3) is 0.364. The van der Waals surface area contributed by atoms with E-state index in [1.807, 2.05) is 24.4 Å². The highest BCUT2D eigenvalue weighted by Gasteiger charge is 2.21. The van der Waals surface area contributed by atoms with Crippen LogP contribution in [-0.2, 0) is 11.3 Å². The van der Waals surface area contributed by atoms with Crippen LogP contribution in [0.4, 0.5) is 0 Å². The Balaban J connectivity index is 2.09. The average Bonchev–Trinajstić information content (AvgIpc) is 2.59. The van der Waals surface area contributed by atoms with Crippen molar-refractivity contribution < 1.29 is 9.84 Å². The normalized spacial score (nSPS) is 16.9. The largest absolute Gasteiger partial charge is 0.390 e. The molecular formula is C11H12N2O2. The first kappa shape index (κ1) is 8.88. The summed E-state index contributed by atoms with van der Waals surface area (Å²) in [6, 6.07) is 6.29. The van der Waals surface area contributed by atoms with Gasteiger partial charge < -0.3 is 14.4 Å². The molecule has 15 heavy (non-hydrogen) atoms. The van der Waals surface area contributed by atoms with Crippen LogP contribution >= 0.6 is 0 Å². The molecule has 0 radical (unpaired) electrons. The van der Waals surface area contributed by atoms with Crippen molar-refractivity contribution in [1.82, 2.24) is 9.55 Å². The molecule has 2 aromatic heterocycles. The quantitative estimate of drug-likeness (QED) is 0.796. The molecule has 0 spiro atoms. The SMILES string of the molecule is OCc1ccc2c(ccn2C2COC2)n1. The Hall–Kier alpha value is -1.39. The minimum atomic E-state index is -0.00629. The van der Waals surface area contributed by atoms with Crippen molar-refractivity contribution in [2.75, 3.05) is 13.2 Å². The first-order valence-corrected chi connectivity index (χ1v) is 5.03. The number of aliphatic hydroxyl groups is 1. The fourth-order valence-electron chi connectivity index (χ4n) is 1.87. The Labute approximate surface area is 87.1 Å². The zero-order valence-corrected chi connectivity index (χ0v) is 8.26. The van der Waals surface area contributed by atoms with E-state index in [2.05, 4.69) is 9.55 Å². The van der Waals surface area contributed by atoms with Gasteiger partial charge in [0.25, 0.3) is 0 Å². The van der Waals surface area contributed by atoms with Gasteiger partial charge in [0, 0.05) is 6.20 Å². The van der Waals surface area contributed by atoms with E-state index in [9.17, 15) is 0 Å². The molecular weight excluding hydrogens is 192 g/mol. The molecule has 3 heterocycles. The molecule has 1 aliphatic heterocycles. The smallest absolute Gasteiger partial charge is 0.0885 e. The molecule has 0 bridgehead atoms. The van der Waals surface area contributed by atoms with Gasteiger partial charge in [0.15, 0.2) is 0 Å². The maximum Gasteiger partial charge on any atom is 0.0885 e. The third kappa shape index (κ3) is 1.33. The second kappa shape index (κ2) is 3.32. The summed E-state index contributed by atoms with van der Waals surface area (Å²) in [5.74, 6) is 0. The number of pyridine rings is 1. The summed E-state index contributed by atoms with van der Waals surface area (Å²) in [6.45, 7) is 1.56. The van der Waals surface area contributed by atoms with Crippen molar-refractivity contribution in [2.45, 2.75) is 12.6 Å². The third-order valence-corrected chi connectivity index (χ3v) is 2.81. The molecule has 0 saturated carbocycles. The Morgan fingerprint density at radius 1 is 1.40 bits per heavy atom. The van der Waals surface area contributed by atoms with E-state index in [1.54, 1.807) is 0 Å². The van der Waals surface area contributed by atoms with Crippen molar-refractivity contribution in [3.63, 3.8) is 0 Å². The van der Waals surface area contributed by atoms with Crippen LogP contribution in [-0.4, -0.2) is 27.9 Å². The van der Waals surface area contributed by atoms with E-state index in [1.165, 1.54) is 0 Å². The molecule has 4 nitrogen and oxygen atoms in total. The van der Waals surface area contributed by atoms with Crippen LogP contribution in [0.5, 0.6) is 0 Å². The molecule has 0 aliphatic carbocycles. The predicted molar refractivity (Wildman–Crippen MR) is 55.5 cm³/mol. The van der Waals surface area contributed by atoms with E-state index >= 15 is 0 Å². The van der Waals surface area contributed by atoms with Crippen LogP contribution in [0, 0.1) is 0 Å². The summed E-state index contributed by atoms with van der Waals surface area (Å²) in [5.41, 5.74) is 2.76. The van der Waals surface area contributed by atoms with Crippen molar-refractivity contribution in [1.29, 1.82) is 0 Å². The Kier molecular flexibility index (Phi) is 1.97. The summed E-state index contributed by atoms with van der Waals surface area (Å²) >= 11 is 0. The molecule has 0 aromatic carbocycles. The Morgan fingerprint density at radius 2 is 2.27 bits per heavy atom. The maximum atomic E-state index is 8.98. The molecule has 0 amide bonds. The summed E-state index contributed by atoms with van der Waals surface area (Å²) in [6.07, 6.45) is 2.03. The first-order valence-electron chi connectivity index (χ1n) is 5.03. The molecule has 0 unspecified atom stereocenters. The highest BCUT2D eigenvalue weighted by molar-refractivity contribution is 5.76. The van der Waals surface area contributed by atoms with Crippen molar-refractivity contribution in [3.05, 3.63) is 30.1 Å². The number of hydrogen-bond donors (Lipinski definition) is 1. The van der Waals surface area contributed by atoms with Gasteiger partial charge in [0.2, 0.25) is 0 Å². The number of rotatable bonds is 2. The zero-order valence-electron chi connectivity index (χ0n) is 8.26. The topological polar surface area (TPSA) is 47.3 Å². The van der Waals surface area contributed by atoms with E-state index in [0.29, 0.717) is 11.7 Å². The lowest BCUT2D eigenvalue weighted by Crippen LogP contribution is -2.29. The molecule has 1 aliphatic rings. The van der Waals surface area contributed by atoms with Crippen LogP contribution in [0.3, 0.4) is 0 Å². The summed E-state index contributed by atoms with van der Waals surface area (Å²) < 4.78 is 7.36. The zero-order chi connectivity index (χ0) is 10.3. The van der Waals surface area contributed by atoms with Crippen LogP contribution in [0.2, 0.25) is 0 Å². The average molecular weight is 204 g/mol. The van der Waals surface area contributed by atoms with Gasteiger partial charge in [-0.05, 0) is 18.2 Å². The lowest BCUT2D eigenvalue weighted by Gasteiger charge is -2.28. The molecule has 4 heteroatoms. The lowest BCUT2D eigenvalue weighted by molar-refractivity contribution is -0.0213. The number of hydrogen-bond acceptors (Lipinski definition) is 3. The number of ether oxygens (including phenoxy) is 1. The van der Waals surface area contributed by atoms with Gasteiger partial charge in [-0.15, -0.1) is 0 Å². The highest BCUT2D eigenvalue weighted by atomic mass is 16.5. The first-order chi connectivity index (χ1) is 7.38. The van der Waals surface area contributed by atoms with Gasteiger partial charge in [0.05, 0.1) is 42.6 Å². The molecule has 1 saturated heterocycles. The molecule has 1 N–H and O–H groups in total. The molecule has 1 fully saturated rings. The molecule has 3 rings (SSSR count). The van der Waals surface area contributed by atoms with E-state index in [4.69, 9.17) is 9.84 Å². The minimum Gasteiger partial charge on any atom is -0.390 e. The predicted octanol–water partition coefficient (Wildman–Crippen LogP) is 1.10. The number of fused-ring (bicyclic) bond motifs is 1. The van der Waals surface area contributed by atoms with Crippen molar-refractivity contribution in [2.24, 2.45) is 0 Å².